The van der Waals surface area contributed by atoms with Gasteiger partial charge in [0.05, 0.1) is 30.5 Å². The molecule has 0 bridgehead atoms. The molecule has 7 heterocycles. The van der Waals surface area contributed by atoms with E-state index < -0.39 is 88.8 Å². The van der Waals surface area contributed by atoms with Gasteiger partial charge in [-0.25, -0.2) is 20.0 Å². The van der Waals surface area contributed by atoms with Crippen LogP contribution in [0.3, 0.4) is 0 Å². The molecule has 8 rings (SSSR count). The summed E-state index contributed by atoms with van der Waals surface area (Å²) in [7, 11) is 1.55. The lowest BCUT2D eigenvalue weighted by molar-refractivity contribution is -0.118. The zero-order valence-electron chi connectivity index (χ0n) is 55.3. The Labute approximate surface area is 539 Å². The third-order valence-electron chi connectivity index (χ3n) is 15.7. The van der Waals surface area contributed by atoms with Crippen molar-refractivity contribution in [2.24, 2.45) is 37.4 Å². The van der Waals surface area contributed by atoms with Crippen LogP contribution in [-0.4, -0.2) is 281 Å². The molecule has 0 saturated carbocycles. The maximum atomic E-state index is 11.1. The Bertz CT molecular complexity index is 3190. The van der Waals surface area contributed by atoms with E-state index in [2.05, 4.69) is 135 Å². The minimum absolute atomic E-state index is 0.0165. The van der Waals surface area contributed by atoms with Gasteiger partial charge < -0.3 is 91.3 Å². The third kappa shape index (κ3) is 22.5. The summed E-state index contributed by atoms with van der Waals surface area (Å²) in [5, 5.41) is 67.3. The number of aliphatic hydroxyl groups is 6. The van der Waals surface area contributed by atoms with Crippen LogP contribution in [0, 0.1) is 5.92 Å². The van der Waals surface area contributed by atoms with Gasteiger partial charge in [0, 0.05) is 51.7 Å². The number of amides is 2. The SMILES string of the molecule is C=C1N=C(N)C=CN1[C@@H]1C=C(CCP(=C)(C)C)[C@@H](O)[C@H]1O.C=C1N=C(N)C=CN1[C@@H]1O[C@H](CCP(=C)(C)C)[C@@H](O)[C@H]1C.C=C1N=C(NC(C)=O)C=CN1[C@@H]1O[C@H](CCP(=C)(C)C)[C@@H](O)[C@H]1O.C=C1N=C(NC(C)=O)C=CN1[C@@H]1O[C@H](CCP(=C)(C)C)[C@@H](O)[C@H]1OC. The number of nitrogens with two attached hydrogens (primary N) is 2. The molecular weight excluding hydrogens is 1240 g/mol. The Morgan fingerprint density at radius 2 is 0.912 bits per heavy atom. The van der Waals surface area contributed by atoms with E-state index in [0.717, 1.165) is 49.5 Å². The molecule has 7 aliphatic heterocycles. The summed E-state index contributed by atoms with van der Waals surface area (Å²) >= 11 is 0. The van der Waals surface area contributed by atoms with E-state index in [0.29, 0.717) is 53.0 Å². The minimum atomic E-state index is -1.23. The Kier molecular flexibility index (Phi) is 27.2. The number of aliphatic imine (C=N–C) groups is 4. The fraction of sp³-hybridized carbons (Fsp3) is 0.556. The topological polar surface area (TPSA) is 331 Å². The number of methoxy groups -OCH3 is 1. The number of ether oxygens (including phenoxy) is 4. The molecule has 15 atom stereocenters. The van der Waals surface area contributed by atoms with Crippen molar-refractivity contribution in [1.82, 2.24) is 30.2 Å². The highest BCUT2D eigenvalue weighted by Gasteiger charge is 2.49. The third-order valence-corrected chi connectivity index (χ3v) is 21.5. The van der Waals surface area contributed by atoms with Crippen molar-refractivity contribution < 1.29 is 59.2 Å². The molecule has 91 heavy (non-hydrogen) atoms. The smallest absolute Gasteiger partial charge is 0.222 e. The summed E-state index contributed by atoms with van der Waals surface area (Å²) in [5.74, 6) is 2.91. The summed E-state index contributed by atoms with van der Waals surface area (Å²) in [5.41, 5.74) is 12.1. The van der Waals surface area contributed by atoms with Crippen molar-refractivity contribution in [3.05, 3.63) is 110 Å². The van der Waals surface area contributed by atoms with Gasteiger partial charge in [0.15, 0.2) is 12.5 Å². The zero-order valence-corrected chi connectivity index (χ0v) is 58.9. The predicted molar refractivity (Wildman–Crippen MR) is 382 cm³/mol. The van der Waals surface area contributed by atoms with Crippen LogP contribution >= 0.6 is 27.5 Å². The molecule has 0 unspecified atom stereocenters. The summed E-state index contributed by atoms with van der Waals surface area (Å²) in [4.78, 5) is 45.7. The largest absolute Gasteiger partial charge is 0.390 e. The molecule has 508 valence electrons. The van der Waals surface area contributed by atoms with Gasteiger partial charge in [0.1, 0.15) is 89.5 Å². The van der Waals surface area contributed by atoms with Gasteiger partial charge in [0.25, 0.3) is 0 Å². The Morgan fingerprint density at radius 1 is 0.538 bits per heavy atom. The number of amidine groups is 4. The monoisotopic (exact) mass is 1340 g/mol. The van der Waals surface area contributed by atoms with E-state index >= 15 is 0 Å². The average molecular weight is 1350 g/mol. The quantitative estimate of drug-likeness (QED) is 0.0734. The van der Waals surface area contributed by atoms with E-state index in [9.17, 15) is 40.2 Å². The Hall–Kier alpha value is -5.12. The highest BCUT2D eigenvalue weighted by molar-refractivity contribution is 7.73. The van der Waals surface area contributed by atoms with Crippen molar-refractivity contribution >= 4 is 87.9 Å². The van der Waals surface area contributed by atoms with E-state index in [1.54, 1.807) is 64.7 Å². The molecule has 0 spiro atoms. The maximum Gasteiger partial charge on any atom is 0.222 e. The number of nitrogens with one attached hydrogen (secondary N) is 2. The molecule has 8 aliphatic rings. The number of hydrogen-bond acceptors (Lipinski definition) is 22. The Morgan fingerprint density at radius 3 is 1.33 bits per heavy atom. The van der Waals surface area contributed by atoms with Crippen molar-refractivity contribution in [3.8, 4) is 0 Å². The number of hydrogen-bond donors (Lipinski definition) is 10. The Balaban J connectivity index is 0.000000221. The molecular formula is C63H104N12O12P4. The molecule has 3 fully saturated rings. The van der Waals surface area contributed by atoms with Crippen LogP contribution in [-0.2, 0) is 28.5 Å². The van der Waals surface area contributed by atoms with Crippen molar-refractivity contribution in [2.45, 2.75) is 132 Å². The van der Waals surface area contributed by atoms with Crippen LogP contribution in [0.4, 0.5) is 0 Å². The van der Waals surface area contributed by atoms with E-state index in [-0.39, 0.29) is 42.2 Å². The zero-order chi connectivity index (χ0) is 68.4. The summed E-state index contributed by atoms with van der Waals surface area (Å²) < 4.78 is 23.5. The molecule has 2 amide bonds. The summed E-state index contributed by atoms with van der Waals surface area (Å²) in [6, 6.07) is -0.359. The molecule has 0 aromatic heterocycles. The van der Waals surface area contributed by atoms with Gasteiger partial charge in [-0.1, -0.05) is 39.3 Å². The van der Waals surface area contributed by atoms with Gasteiger partial charge in [-0.3, -0.25) is 9.59 Å². The van der Waals surface area contributed by atoms with Crippen LogP contribution in [0.25, 0.3) is 0 Å². The van der Waals surface area contributed by atoms with Gasteiger partial charge in [-0.15, -0.1) is 52.7 Å². The highest BCUT2D eigenvalue weighted by Crippen LogP contribution is 2.43. The van der Waals surface area contributed by atoms with Crippen molar-refractivity contribution in [2.75, 3.05) is 85.1 Å². The van der Waals surface area contributed by atoms with E-state index in [1.165, 1.54) is 13.8 Å². The average Bonchev–Trinajstić information content (AvgIpc) is 1.74. The lowest BCUT2D eigenvalue weighted by Crippen LogP contribution is -2.43. The molecule has 24 nitrogen and oxygen atoms in total. The highest BCUT2D eigenvalue weighted by atomic mass is 31.2. The van der Waals surface area contributed by atoms with Crippen molar-refractivity contribution in [3.63, 3.8) is 0 Å². The van der Waals surface area contributed by atoms with Crippen LogP contribution in [0.15, 0.2) is 130 Å². The van der Waals surface area contributed by atoms with Crippen LogP contribution < -0.4 is 22.1 Å². The first-order chi connectivity index (χ1) is 42.1. The molecule has 28 heteroatoms. The normalized spacial score (nSPS) is 30.7. The molecule has 0 aromatic carbocycles. The second kappa shape index (κ2) is 32.3. The number of nitrogens with zero attached hydrogens (tertiary/aromatic N) is 8. The fourth-order valence-corrected chi connectivity index (χ4v) is 14.3. The van der Waals surface area contributed by atoms with Gasteiger partial charge in [0.2, 0.25) is 11.8 Å². The van der Waals surface area contributed by atoms with Crippen molar-refractivity contribution in [1.29, 1.82) is 0 Å². The van der Waals surface area contributed by atoms with Gasteiger partial charge in [-0.05, 0) is 134 Å². The molecule has 3 saturated heterocycles. The fourth-order valence-electron chi connectivity index (χ4n) is 10.6. The molecule has 0 aromatic rings. The first kappa shape index (κ1) is 76.6. The second-order valence-corrected chi connectivity index (χ2v) is 43.9. The van der Waals surface area contributed by atoms with Gasteiger partial charge in [-0.2, -0.15) is 0 Å². The van der Waals surface area contributed by atoms with E-state index in [4.69, 9.17) is 30.4 Å². The standard InChI is InChI=1S/C17H28N3O4P.C16H26N3O4P.C15H26N3O2P.C15H24N3O2P/c1-11-18-14(19-12(2)21)7-9-20(11)17-16(23-3)15(22)13(24-17)8-10-25(4,5)6;1-10-17-13(18-11(2)20)6-8-19(10)16-15(22)14(21)12(23-16)7-9-24(3,4)5;1-10-14(19)12(7-9-21(3,4)5)20-15(10)18-8-6-13(16)17-11(18)2;1-10-17-13(16)5-7-18(10)12-9-11(14(19)15(12)20)6-8-21(2,3)4/h7,9,13,15-17,22H,1,4,8,10H2,2-3,5-6H3,(H,18,19,21);6,8,12,14-16,21-22H,1,3,7,9H2,2,4-5H3,(H,17,18,20);6,8,10,12,14-15,19H,2-3,7,9H2,1,4-5H3,(H2,16,17);5,7,9,12,14-15,19-20H,1-2,6,8H2,3-4H3,(H2,16,17)/t13-,15-,16-,17-;12-,14-,15-,16-;10-,12-,14+,15-;12-,14-,15+/m1111/s1. The molecule has 0 radical (unpaired) electrons. The minimum Gasteiger partial charge on any atom is -0.390 e. The predicted octanol–water partition coefficient (Wildman–Crippen LogP) is 3.63. The summed E-state index contributed by atoms with van der Waals surface area (Å²) in [6.07, 6.45) is 31.0. The number of carbonyl (C=O) groups is 2. The van der Waals surface area contributed by atoms with Crippen LogP contribution in [0.5, 0.6) is 0 Å². The summed E-state index contributed by atoms with van der Waals surface area (Å²) in [6.45, 7) is 32.9. The number of aliphatic hydroxyl groups excluding tert-OH is 6. The van der Waals surface area contributed by atoms with Gasteiger partial charge >= 0.3 is 0 Å². The first-order valence-corrected chi connectivity index (χ1v) is 42.3. The second-order valence-electron chi connectivity index (χ2n) is 26.6. The number of rotatable bonds is 17. The van der Waals surface area contributed by atoms with Crippen LogP contribution in [0.2, 0.25) is 0 Å². The molecule has 12 N–H and O–H groups in total. The van der Waals surface area contributed by atoms with E-state index in [1.807, 2.05) is 24.1 Å². The lowest BCUT2D eigenvalue weighted by atomic mass is 10.00. The van der Waals surface area contributed by atoms with Crippen LogP contribution in [0.1, 0.15) is 46.5 Å². The maximum absolute atomic E-state index is 11.1. The number of carbonyl (C=O) groups excluding carboxylic acids is 2. The first-order valence-electron chi connectivity index (χ1n) is 30.1. The lowest BCUT2D eigenvalue weighted by Gasteiger charge is -2.32. The molecule has 1 aliphatic carbocycles.